The lowest BCUT2D eigenvalue weighted by molar-refractivity contribution is -0.137. The predicted octanol–water partition coefficient (Wildman–Crippen LogP) is 5.89. The summed E-state index contributed by atoms with van der Waals surface area (Å²) in [6, 6.07) is 16.8. The second kappa shape index (κ2) is 14.4. The van der Waals surface area contributed by atoms with Crippen LogP contribution in [0.25, 0.3) is 0 Å². The summed E-state index contributed by atoms with van der Waals surface area (Å²) in [6.45, 7) is 7.80. The Balaban J connectivity index is 1.57. The zero-order valence-electron chi connectivity index (χ0n) is 22.4. The average molecular weight is 533 g/mol. The van der Waals surface area contributed by atoms with E-state index in [0.717, 1.165) is 18.1 Å². The lowest BCUT2D eigenvalue weighted by Crippen LogP contribution is -2.12. The van der Waals surface area contributed by atoms with E-state index in [1.807, 2.05) is 12.1 Å². The van der Waals surface area contributed by atoms with Gasteiger partial charge in [0, 0.05) is 6.08 Å². The molecule has 0 unspecified atom stereocenters. The fourth-order valence-electron chi connectivity index (χ4n) is 3.54. The predicted molar refractivity (Wildman–Crippen MR) is 146 cm³/mol. The van der Waals surface area contributed by atoms with Gasteiger partial charge in [-0.3, -0.25) is 0 Å². The minimum atomic E-state index is -0.585. The van der Waals surface area contributed by atoms with E-state index < -0.39 is 17.9 Å². The first-order chi connectivity index (χ1) is 18.8. The van der Waals surface area contributed by atoms with Gasteiger partial charge in [0.25, 0.3) is 0 Å². The van der Waals surface area contributed by atoms with E-state index in [0.29, 0.717) is 53.6 Å². The van der Waals surface area contributed by atoms with Crippen molar-refractivity contribution in [3.8, 4) is 23.0 Å². The quantitative estimate of drug-likeness (QED) is 0.116. The van der Waals surface area contributed by atoms with Gasteiger partial charge in [0.1, 0.15) is 11.5 Å². The van der Waals surface area contributed by atoms with E-state index in [-0.39, 0.29) is 12.2 Å². The van der Waals surface area contributed by atoms with E-state index in [9.17, 15) is 14.4 Å². The molecule has 8 heteroatoms. The fourth-order valence-corrected chi connectivity index (χ4v) is 3.54. The van der Waals surface area contributed by atoms with Crippen molar-refractivity contribution in [3.05, 3.63) is 95.6 Å². The maximum absolute atomic E-state index is 12.8. The zero-order valence-corrected chi connectivity index (χ0v) is 22.4. The third-order valence-electron chi connectivity index (χ3n) is 5.76. The molecule has 0 amide bonds. The third kappa shape index (κ3) is 8.46. The smallest absolute Gasteiger partial charge is 0.343 e. The number of carbonyl (C=O) groups is 3. The first-order valence-corrected chi connectivity index (χ1v) is 12.6. The molecule has 0 radical (unpaired) electrons. The first kappa shape index (κ1) is 29.0. The van der Waals surface area contributed by atoms with Gasteiger partial charge in [0.2, 0.25) is 0 Å². The summed E-state index contributed by atoms with van der Waals surface area (Å²) < 4.78 is 27.1. The summed E-state index contributed by atoms with van der Waals surface area (Å²) in [5, 5.41) is 0. The van der Waals surface area contributed by atoms with Crippen LogP contribution in [0, 0.1) is 6.92 Å². The minimum Gasteiger partial charge on any atom is -0.493 e. The molecule has 0 aliphatic carbocycles. The van der Waals surface area contributed by atoms with Crippen molar-refractivity contribution in [2.24, 2.45) is 0 Å². The van der Waals surface area contributed by atoms with Gasteiger partial charge < -0.3 is 23.7 Å². The first-order valence-electron chi connectivity index (χ1n) is 12.6. The molecule has 0 N–H and O–H groups in total. The number of aryl methyl sites for hydroxylation is 2. The molecule has 39 heavy (non-hydrogen) atoms. The van der Waals surface area contributed by atoms with Crippen LogP contribution in [-0.4, -0.2) is 38.2 Å². The Labute approximate surface area is 228 Å². The number of hydrogen-bond donors (Lipinski definition) is 0. The number of ether oxygens (including phenoxy) is 5. The molecule has 0 aliphatic rings. The topological polar surface area (TPSA) is 97.4 Å². The Morgan fingerprint density at radius 2 is 1.44 bits per heavy atom. The fraction of sp³-hybridized carbons (Fsp3) is 0.258. The number of hydrogen-bond acceptors (Lipinski definition) is 8. The van der Waals surface area contributed by atoms with Crippen molar-refractivity contribution in [2.45, 2.75) is 33.1 Å². The molecule has 0 spiro atoms. The van der Waals surface area contributed by atoms with E-state index in [1.54, 1.807) is 49.4 Å². The van der Waals surface area contributed by atoms with Gasteiger partial charge in [0.05, 0.1) is 31.5 Å². The zero-order chi connectivity index (χ0) is 28.2. The standard InChI is InChI=1S/C31H32O8/c1-5-22-9-13-25(14-10-22)38-30(33)23-11-15-26(21(3)19-23)39-31(34)24-12-16-27(28(20-24)35-4)36-17-7-8-18-37-29(32)6-2/h6,9-16,19-20H,2,5,7-8,17-18H2,1,3-4H3. The summed E-state index contributed by atoms with van der Waals surface area (Å²) in [5.74, 6) is 0.0877. The van der Waals surface area contributed by atoms with Gasteiger partial charge in [0.15, 0.2) is 11.5 Å². The summed E-state index contributed by atoms with van der Waals surface area (Å²) in [5.41, 5.74) is 2.37. The summed E-state index contributed by atoms with van der Waals surface area (Å²) >= 11 is 0. The van der Waals surface area contributed by atoms with E-state index in [2.05, 4.69) is 13.5 Å². The third-order valence-corrected chi connectivity index (χ3v) is 5.76. The SMILES string of the molecule is C=CC(=O)OCCCCOc1ccc(C(=O)Oc2ccc(C(=O)Oc3ccc(CC)cc3)cc2C)cc1OC. The monoisotopic (exact) mass is 532 g/mol. The van der Waals surface area contributed by atoms with E-state index in [4.69, 9.17) is 23.7 Å². The molecule has 204 valence electrons. The van der Waals surface area contributed by atoms with Crippen LogP contribution < -0.4 is 18.9 Å². The molecule has 0 fully saturated rings. The van der Waals surface area contributed by atoms with Crippen LogP contribution in [-0.2, 0) is 16.0 Å². The van der Waals surface area contributed by atoms with Gasteiger partial charge in [-0.15, -0.1) is 0 Å². The van der Waals surface area contributed by atoms with Crippen LogP contribution in [0.5, 0.6) is 23.0 Å². The van der Waals surface area contributed by atoms with Crippen molar-refractivity contribution in [3.63, 3.8) is 0 Å². The highest BCUT2D eigenvalue weighted by molar-refractivity contribution is 5.93. The van der Waals surface area contributed by atoms with Crippen LogP contribution in [0.15, 0.2) is 73.3 Å². The van der Waals surface area contributed by atoms with Gasteiger partial charge >= 0.3 is 17.9 Å². The molecule has 3 rings (SSSR count). The van der Waals surface area contributed by atoms with Crippen molar-refractivity contribution in [1.82, 2.24) is 0 Å². The lowest BCUT2D eigenvalue weighted by Gasteiger charge is -2.13. The van der Waals surface area contributed by atoms with Crippen LogP contribution in [0.1, 0.15) is 51.6 Å². The van der Waals surface area contributed by atoms with Gasteiger partial charge in [-0.05, 0) is 85.8 Å². The molecule has 3 aromatic carbocycles. The minimum absolute atomic E-state index is 0.272. The summed E-state index contributed by atoms with van der Waals surface area (Å²) in [6.07, 6.45) is 3.31. The summed E-state index contributed by atoms with van der Waals surface area (Å²) in [4.78, 5) is 36.4. The molecule has 0 saturated carbocycles. The van der Waals surface area contributed by atoms with Crippen molar-refractivity contribution in [1.29, 1.82) is 0 Å². The molecule has 0 bridgehead atoms. The Morgan fingerprint density at radius 3 is 2.08 bits per heavy atom. The van der Waals surface area contributed by atoms with E-state index >= 15 is 0 Å². The van der Waals surface area contributed by atoms with Crippen LogP contribution in [0.4, 0.5) is 0 Å². The molecular weight excluding hydrogens is 500 g/mol. The van der Waals surface area contributed by atoms with Crippen LogP contribution in [0.2, 0.25) is 0 Å². The summed E-state index contributed by atoms with van der Waals surface area (Å²) in [7, 11) is 1.48. The molecule has 3 aromatic rings. The molecule has 0 saturated heterocycles. The maximum atomic E-state index is 12.8. The second-order valence-corrected chi connectivity index (χ2v) is 8.55. The molecule has 0 aliphatic heterocycles. The Kier molecular flexibility index (Phi) is 10.7. The Morgan fingerprint density at radius 1 is 0.795 bits per heavy atom. The molecular formula is C31H32O8. The van der Waals surface area contributed by atoms with Crippen molar-refractivity contribution < 1.29 is 38.1 Å². The highest BCUT2D eigenvalue weighted by Gasteiger charge is 2.16. The molecule has 8 nitrogen and oxygen atoms in total. The highest BCUT2D eigenvalue weighted by Crippen LogP contribution is 2.29. The van der Waals surface area contributed by atoms with Crippen LogP contribution in [0.3, 0.4) is 0 Å². The number of carbonyl (C=O) groups excluding carboxylic acids is 3. The Hall–Kier alpha value is -4.59. The van der Waals surface area contributed by atoms with Crippen molar-refractivity contribution >= 4 is 17.9 Å². The largest absolute Gasteiger partial charge is 0.493 e. The molecule has 0 heterocycles. The maximum Gasteiger partial charge on any atom is 0.343 e. The average Bonchev–Trinajstić information content (AvgIpc) is 2.95. The van der Waals surface area contributed by atoms with Crippen molar-refractivity contribution in [2.75, 3.05) is 20.3 Å². The number of methoxy groups -OCH3 is 1. The number of benzene rings is 3. The van der Waals surface area contributed by atoms with Crippen LogP contribution >= 0.6 is 0 Å². The second-order valence-electron chi connectivity index (χ2n) is 8.55. The van der Waals surface area contributed by atoms with Gasteiger partial charge in [-0.2, -0.15) is 0 Å². The molecule has 0 atom stereocenters. The lowest BCUT2D eigenvalue weighted by atomic mass is 10.1. The number of unbranched alkanes of at least 4 members (excludes halogenated alkanes) is 1. The number of esters is 3. The highest BCUT2D eigenvalue weighted by atomic mass is 16.5. The Bertz CT molecular complexity index is 1310. The normalized spacial score (nSPS) is 10.3. The van der Waals surface area contributed by atoms with Gasteiger partial charge in [-0.1, -0.05) is 25.6 Å². The number of rotatable bonds is 13. The van der Waals surface area contributed by atoms with E-state index in [1.165, 1.54) is 13.2 Å². The van der Waals surface area contributed by atoms with Gasteiger partial charge in [-0.25, -0.2) is 14.4 Å². The molecule has 0 aromatic heterocycles.